The quantitative estimate of drug-likeness (QED) is 0.539. The van der Waals surface area contributed by atoms with E-state index >= 15 is 0 Å². The lowest BCUT2D eigenvalue weighted by atomic mass is 9.89. The Balaban J connectivity index is 1.72. The van der Waals surface area contributed by atoms with Crippen molar-refractivity contribution < 1.29 is 9.59 Å². The van der Waals surface area contributed by atoms with Gasteiger partial charge in [-0.2, -0.15) is 0 Å². The molecule has 0 radical (unpaired) electrons. The fraction of sp³-hybridized carbons (Fsp3) is 0.304. The van der Waals surface area contributed by atoms with E-state index in [1.165, 1.54) is 4.90 Å². The zero-order chi connectivity index (χ0) is 21.0. The van der Waals surface area contributed by atoms with Gasteiger partial charge in [-0.15, -0.1) is 0 Å². The third-order valence-electron chi connectivity index (χ3n) is 6.15. The lowest BCUT2D eigenvalue weighted by molar-refractivity contribution is -0.128. The number of urea groups is 1. The summed E-state index contributed by atoms with van der Waals surface area (Å²) in [5, 5.41) is 1.90. The van der Waals surface area contributed by atoms with E-state index in [0.29, 0.717) is 23.0 Å². The van der Waals surface area contributed by atoms with Crippen LogP contribution in [-0.4, -0.2) is 39.3 Å². The maximum atomic E-state index is 13.4. The van der Waals surface area contributed by atoms with Crippen LogP contribution in [0.2, 0.25) is 10.0 Å². The van der Waals surface area contributed by atoms with E-state index in [4.69, 9.17) is 23.2 Å². The van der Waals surface area contributed by atoms with Crippen LogP contribution in [0.3, 0.4) is 0 Å². The molecule has 1 fully saturated rings. The van der Waals surface area contributed by atoms with Crippen molar-refractivity contribution in [1.82, 2.24) is 14.8 Å². The first kappa shape index (κ1) is 19.5. The number of aromatic nitrogens is 1. The summed E-state index contributed by atoms with van der Waals surface area (Å²) in [7, 11) is 0. The second kappa shape index (κ2) is 7.33. The van der Waals surface area contributed by atoms with E-state index in [9.17, 15) is 9.59 Å². The number of nitrogens with zero attached hydrogens (tertiary/aromatic N) is 2. The molecule has 0 spiro atoms. The van der Waals surface area contributed by atoms with Crippen molar-refractivity contribution in [3.8, 4) is 0 Å². The Morgan fingerprint density at radius 2 is 1.90 bits per heavy atom. The lowest BCUT2D eigenvalue weighted by Gasteiger charge is -2.36. The number of hydrogen-bond donors (Lipinski definition) is 1. The average molecular weight is 442 g/mol. The minimum atomic E-state index is -0.541. The van der Waals surface area contributed by atoms with E-state index in [1.807, 2.05) is 43.3 Å². The van der Waals surface area contributed by atoms with Crippen molar-refractivity contribution in [2.45, 2.75) is 38.3 Å². The summed E-state index contributed by atoms with van der Waals surface area (Å²) in [5.41, 5.74) is 3.66. The number of rotatable bonds is 4. The summed E-state index contributed by atoms with van der Waals surface area (Å²) in [6.07, 6.45) is 2.19. The summed E-state index contributed by atoms with van der Waals surface area (Å²) in [6.45, 7) is 2.48. The van der Waals surface area contributed by atoms with Gasteiger partial charge in [-0.3, -0.25) is 14.6 Å². The van der Waals surface area contributed by atoms with Gasteiger partial charge in [0, 0.05) is 35.1 Å². The molecule has 1 N–H and O–H groups in total. The maximum absolute atomic E-state index is 13.4. The Morgan fingerprint density at radius 3 is 2.70 bits per heavy atom. The van der Waals surface area contributed by atoms with Crippen LogP contribution in [0.4, 0.5) is 4.79 Å². The van der Waals surface area contributed by atoms with Crippen LogP contribution >= 0.6 is 23.2 Å². The summed E-state index contributed by atoms with van der Waals surface area (Å²) in [4.78, 5) is 33.2. The number of halogens is 2. The minimum Gasteiger partial charge on any atom is -0.356 e. The third kappa shape index (κ3) is 2.76. The van der Waals surface area contributed by atoms with Gasteiger partial charge in [0.05, 0.1) is 10.0 Å². The van der Waals surface area contributed by atoms with Crippen LogP contribution in [0.5, 0.6) is 0 Å². The molecule has 3 heterocycles. The van der Waals surface area contributed by atoms with Crippen molar-refractivity contribution in [3.05, 3.63) is 69.3 Å². The highest BCUT2D eigenvalue weighted by Crippen LogP contribution is 2.46. The number of amides is 3. The van der Waals surface area contributed by atoms with Crippen LogP contribution in [0.15, 0.2) is 42.5 Å². The molecule has 2 aliphatic rings. The second-order valence-electron chi connectivity index (χ2n) is 7.86. The first-order valence-electron chi connectivity index (χ1n) is 10.2. The molecule has 5 rings (SSSR count). The van der Waals surface area contributed by atoms with Crippen LogP contribution in [-0.2, 0) is 11.2 Å². The number of nitrogens with one attached hydrogen (secondary N) is 1. The number of carbonyl (C=O) groups excluding carboxylic acids is 2. The van der Waals surface area contributed by atoms with E-state index in [-0.39, 0.29) is 11.9 Å². The molecule has 2 atom stereocenters. The highest BCUT2D eigenvalue weighted by atomic mass is 35.5. The van der Waals surface area contributed by atoms with E-state index in [1.54, 1.807) is 11.0 Å². The molecule has 1 saturated heterocycles. The van der Waals surface area contributed by atoms with Crippen molar-refractivity contribution in [2.75, 3.05) is 6.54 Å². The predicted molar refractivity (Wildman–Crippen MR) is 118 cm³/mol. The Labute approximate surface area is 184 Å². The number of imide groups is 1. The number of carbonyl (C=O) groups is 2. The molecular formula is C23H21Cl2N3O2. The van der Waals surface area contributed by atoms with Gasteiger partial charge in [-0.05, 0) is 24.1 Å². The van der Waals surface area contributed by atoms with Gasteiger partial charge in [0.2, 0.25) is 0 Å². The van der Waals surface area contributed by atoms with Gasteiger partial charge in [0.15, 0.2) is 0 Å². The van der Waals surface area contributed by atoms with Crippen molar-refractivity contribution in [3.63, 3.8) is 0 Å². The molecule has 5 nitrogen and oxygen atoms in total. The van der Waals surface area contributed by atoms with Gasteiger partial charge in [0.25, 0.3) is 5.91 Å². The molecule has 3 amide bonds. The number of hydrogen-bond acceptors (Lipinski definition) is 2. The number of benzene rings is 2. The highest BCUT2D eigenvalue weighted by Gasteiger charge is 2.52. The number of para-hydroxylation sites is 1. The summed E-state index contributed by atoms with van der Waals surface area (Å²) in [6, 6.07) is 12.1. The van der Waals surface area contributed by atoms with Crippen molar-refractivity contribution in [1.29, 1.82) is 0 Å². The summed E-state index contributed by atoms with van der Waals surface area (Å²) in [5.74, 6) is -0.132. The molecular weight excluding hydrogens is 421 g/mol. The van der Waals surface area contributed by atoms with E-state index in [2.05, 4.69) is 4.98 Å². The molecule has 0 bridgehead atoms. The van der Waals surface area contributed by atoms with Crippen LogP contribution in [0.1, 0.15) is 42.6 Å². The standard InChI is InChI=1S/C23H21Cl2N3O2/c1-2-3-11-27-22(29)18-12-15-13-7-4-5-10-17(13)26-20(15)21(28(18)23(27)30)14-8-6-9-16(24)19(14)25/h4-10,18,21,26H,2-3,11-12H2,1H3/t18-,21-/m1/s1. The Kier molecular flexibility index (Phi) is 4.75. The molecule has 0 unspecified atom stereocenters. The molecule has 154 valence electrons. The smallest absolute Gasteiger partial charge is 0.328 e. The molecule has 1 aromatic heterocycles. The normalized spacial score (nSPS) is 20.8. The second-order valence-corrected chi connectivity index (χ2v) is 8.65. The molecule has 0 aliphatic carbocycles. The molecule has 0 saturated carbocycles. The van der Waals surface area contributed by atoms with Crippen LogP contribution in [0.25, 0.3) is 10.9 Å². The fourth-order valence-electron chi connectivity index (χ4n) is 4.71. The molecule has 3 aromatic rings. The third-order valence-corrected chi connectivity index (χ3v) is 6.98. The van der Waals surface area contributed by atoms with E-state index < -0.39 is 12.1 Å². The first-order chi connectivity index (χ1) is 14.5. The van der Waals surface area contributed by atoms with Gasteiger partial charge in [-0.1, -0.05) is 66.9 Å². The number of aromatic amines is 1. The number of unbranched alkanes of at least 4 members (excludes halogenated alkanes) is 1. The predicted octanol–water partition coefficient (Wildman–Crippen LogP) is 5.55. The van der Waals surface area contributed by atoms with Gasteiger partial charge >= 0.3 is 6.03 Å². The first-order valence-corrected chi connectivity index (χ1v) is 11.0. The van der Waals surface area contributed by atoms with Crippen molar-refractivity contribution in [2.24, 2.45) is 0 Å². The number of H-pyrrole nitrogens is 1. The minimum absolute atomic E-state index is 0.132. The molecule has 2 aromatic carbocycles. The average Bonchev–Trinajstić information content (AvgIpc) is 3.23. The van der Waals surface area contributed by atoms with Gasteiger partial charge in [-0.25, -0.2) is 4.79 Å². The zero-order valence-electron chi connectivity index (χ0n) is 16.5. The summed E-state index contributed by atoms with van der Waals surface area (Å²) < 4.78 is 0. The zero-order valence-corrected chi connectivity index (χ0v) is 18.0. The van der Waals surface area contributed by atoms with Crippen molar-refractivity contribution >= 4 is 46.0 Å². The van der Waals surface area contributed by atoms with Gasteiger partial charge in [0.1, 0.15) is 12.1 Å². The molecule has 2 aliphatic heterocycles. The Hall–Kier alpha value is -2.50. The number of fused-ring (bicyclic) bond motifs is 4. The maximum Gasteiger partial charge on any atom is 0.328 e. The fourth-order valence-corrected chi connectivity index (χ4v) is 5.12. The molecule has 7 heteroatoms. The highest BCUT2D eigenvalue weighted by molar-refractivity contribution is 6.42. The Morgan fingerprint density at radius 1 is 1.10 bits per heavy atom. The monoisotopic (exact) mass is 441 g/mol. The summed E-state index contributed by atoms with van der Waals surface area (Å²) >= 11 is 12.9. The SMILES string of the molecule is CCCCN1C(=O)[C@H]2Cc3c([nH]c4ccccc34)[C@@H](c3cccc(Cl)c3Cl)N2C1=O. The largest absolute Gasteiger partial charge is 0.356 e. The molecule has 30 heavy (non-hydrogen) atoms. The van der Waals surface area contributed by atoms with Crippen LogP contribution in [0, 0.1) is 0 Å². The lowest BCUT2D eigenvalue weighted by Crippen LogP contribution is -2.44. The topological polar surface area (TPSA) is 56.4 Å². The van der Waals surface area contributed by atoms with Crippen LogP contribution < -0.4 is 0 Å². The van der Waals surface area contributed by atoms with E-state index in [0.717, 1.165) is 40.6 Å². The van der Waals surface area contributed by atoms with Gasteiger partial charge < -0.3 is 4.98 Å². The Bertz CT molecular complexity index is 1170.